The zero-order chi connectivity index (χ0) is 14.7. The summed E-state index contributed by atoms with van der Waals surface area (Å²) >= 11 is 0. The molecule has 0 amide bonds. The third kappa shape index (κ3) is 3.23. The predicted molar refractivity (Wildman–Crippen MR) is 80.1 cm³/mol. The lowest BCUT2D eigenvalue weighted by molar-refractivity contribution is 0.500. The van der Waals surface area contributed by atoms with Gasteiger partial charge in [0.1, 0.15) is 0 Å². The standard InChI is InChI=1S/C15H23N5/c1-10(2)20-6-5-13(19-20)8-14(18-16)15-12(4)7-11(3)9-17-15/h5-7,9-10,14,18H,8,16H2,1-4H3. The lowest BCUT2D eigenvalue weighted by Gasteiger charge is -2.16. The van der Waals surface area contributed by atoms with E-state index in [2.05, 4.69) is 42.3 Å². The molecule has 0 radical (unpaired) electrons. The highest BCUT2D eigenvalue weighted by atomic mass is 15.3. The zero-order valence-electron chi connectivity index (χ0n) is 12.6. The van der Waals surface area contributed by atoms with Gasteiger partial charge in [0, 0.05) is 24.9 Å². The van der Waals surface area contributed by atoms with Crippen LogP contribution in [-0.4, -0.2) is 14.8 Å². The van der Waals surface area contributed by atoms with Gasteiger partial charge in [0.25, 0.3) is 0 Å². The lowest BCUT2D eigenvalue weighted by Crippen LogP contribution is -2.31. The molecule has 1 atom stereocenters. The third-order valence-electron chi connectivity index (χ3n) is 3.39. The van der Waals surface area contributed by atoms with Crippen LogP contribution in [0.3, 0.4) is 0 Å². The molecule has 0 aliphatic carbocycles. The van der Waals surface area contributed by atoms with Gasteiger partial charge in [-0.2, -0.15) is 5.10 Å². The van der Waals surface area contributed by atoms with E-state index in [0.29, 0.717) is 6.04 Å². The first-order chi connectivity index (χ1) is 9.51. The maximum absolute atomic E-state index is 5.70. The number of hydrogen-bond donors (Lipinski definition) is 2. The Kier molecular flexibility index (Phi) is 4.52. The van der Waals surface area contributed by atoms with Crippen LogP contribution in [0.1, 0.15) is 48.4 Å². The smallest absolute Gasteiger partial charge is 0.0690 e. The van der Waals surface area contributed by atoms with Gasteiger partial charge in [-0.1, -0.05) is 6.07 Å². The van der Waals surface area contributed by atoms with E-state index < -0.39 is 0 Å². The Morgan fingerprint density at radius 2 is 2.10 bits per heavy atom. The maximum Gasteiger partial charge on any atom is 0.0690 e. The fourth-order valence-corrected chi connectivity index (χ4v) is 2.31. The molecule has 108 valence electrons. The summed E-state index contributed by atoms with van der Waals surface area (Å²) < 4.78 is 1.96. The van der Waals surface area contributed by atoms with Gasteiger partial charge in [0.05, 0.1) is 17.4 Å². The van der Waals surface area contributed by atoms with Crippen LogP contribution in [-0.2, 0) is 6.42 Å². The van der Waals surface area contributed by atoms with Crippen LogP contribution < -0.4 is 11.3 Å². The summed E-state index contributed by atoms with van der Waals surface area (Å²) in [7, 11) is 0. The van der Waals surface area contributed by atoms with Crippen molar-refractivity contribution in [3.8, 4) is 0 Å². The molecule has 3 N–H and O–H groups in total. The number of nitrogens with one attached hydrogen (secondary N) is 1. The van der Waals surface area contributed by atoms with E-state index in [-0.39, 0.29) is 6.04 Å². The van der Waals surface area contributed by atoms with Gasteiger partial charge in [0.15, 0.2) is 0 Å². The molecular formula is C15H23N5. The molecule has 0 saturated carbocycles. The molecule has 0 saturated heterocycles. The van der Waals surface area contributed by atoms with E-state index in [1.807, 2.05) is 30.1 Å². The highest BCUT2D eigenvalue weighted by Gasteiger charge is 2.16. The minimum absolute atomic E-state index is 0.0221. The average molecular weight is 273 g/mol. The minimum atomic E-state index is -0.0221. The van der Waals surface area contributed by atoms with Crippen molar-refractivity contribution in [3.63, 3.8) is 0 Å². The topological polar surface area (TPSA) is 68.8 Å². The number of aryl methyl sites for hydroxylation is 2. The molecule has 0 aliphatic rings. The first kappa shape index (κ1) is 14.7. The Morgan fingerprint density at radius 1 is 1.35 bits per heavy atom. The third-order valence-corrected chi connectivity index (χ3v) is 3.39. The molecule has 0 fully saturated rings. The number of rotatable bonds is 5. The van der Waals surface area contributed by atoms with Crippen molar-refractivity contribution in [3.05, 3.63) is 47.0 Å². The summed E-state index contributed by atoms with van der Waals surface area (Å²) in [5, 5.41) is 4.56. The summed E-state index contributed by atoms with van der Waals surface area (Å²) in [4.78, 5) is 4.51. The van der Waals surface area contributed by atoms with Gasteiger partial charge < -0.3 is 0 Å². The van der Waals surface area contributed by atoms with Crippen LogP contribution in [0.25, 0.3) is 0 Å². The lowest BCUT2D eigenvalue weighted by atomic mass is 10.0. The molecule has 20 heavy (non-hydrogen) atoms. The van der Waals surface area contributed by atoms with E-state index in [0.717, 1.165) is 28.9 Å². The number of hydrogen-bond acceptors (Lipinski definition) is 4. The number of aromatic nitrogens is 3. The molecule has 5 nitrogen and oxygen atoms in total. The number of nitrogens with zero attached hydrogens (tertiary/aromatic N) is 3. The predicted octanol–water partition coefficient (Wildman–Crippen LogP) is 2.22. The Morgan fingerprint density at radius 3 is 2.65 bits per heavy atom. The summed E-state index contributed by atoms with van der Waals surface area (Å²) in [5.74, 6) is 5.70. The summed E-state index contributed by atoms with van der Waals surface area (Å²) in [6, 6.07) is 4.51. The Hall–Kier alpha value is -1.72. The van der Waals surface area contributed by atoms with Crippen molar-refractivity contribution in [1.29, 1.82) is 0 Å². The van der Waals surface area contributed by atoms with Crippen molar-refractivity contribution >= 4 is 0 Å². The maximum atomic E-state index is 5.70. The van der Waals surface area contributed by atoms with Gasteiger partial charge in [-0.25, -0.2) is 0 Å². The van der Waals surface area contributed by atoms with Gasteiger partial charge >= 0.3 is 0 Å². The molecule has 2 heterocycles. The van der Waals surface area contributed by atoms with E-state index in [1.165, 1.54) is 0 Å². The average Bonchev–Trinajstić information content (AvgIpc) is 2.85. The first-order valence-electron chi connectivity index (χ1n) is 6.94. The monoisotopic (exact) mass is 273 g/mol. The summed E-state index contributed by atoms with van der Waals surface area (Å²) in [6.45, 7) is 8.33. The molecule has 0 aromatic carbocycles. The second-order valence-corrected chi connectivity index (χ2v) is 5.52. The van der Waals surface area contributed by atoms with E-state index in [1.54, 1.807) is 0 Å². The van der Waals surface area contributed by atoms with E-state index >= 15 is 0 Å². The van der Waals surface area contributed by atoms with Gasteiger partial charge in [0.2, 0.25) is 0 Å². The largest absolute Gasteiger partial charge is 0.271 e. The molecule has 1 unspecified atom stereocenters. The highest BCUT2D eigenvalue weighted by molar-refractivity contribution is 5.26. The Labute approximate surface area is 120 Å². The molecule has 0 spiro atoms. The minimum Gasteiger partial charge on any atom is -0.271 e. The number of pyridine rings is 1. The first-order valence-corrected chi connectivity index (χ1v) is 6.94. The van der Waals surface area contributed by atoms with Crippen molar-refractivity contribution in [2.45, 2.75) is 46.2 Å². The van der Waals surface area contributed by atoms with E-state index in [9.17, 15) is 0 Å². The quantitative estimate of drug-likeness (QED) is 0.647. The van der Waals surface area contributed by atoms with Gasteiger partial charge in [-0.3, -0.25) is 20.9 Å². The van der Waals surface area contributed by atoms with Crippen molar-refractivity contribution in [2.24, 2.45) is 5.84 Å². The number of hydrazine groups is 1. The van der Waals surface area contributed by atoms with Crippen molar-refractivity contribution in [2.75, 3.05) is 0 Å². The zero-order valence-corrected chi connectivity index (χ0v) is 12.6. The number of nitrogens with two attached hydrogens (primary N) is 1. The van der Waals surface area contributed by atoms with Crippen LogP contribution >= 0.6 is 0 Å². The van der Waals surface area contributed by atoms with Crippen molar-refractivity contribution < 1.29 is 0 Å². The highest BCUT2D eigenvalue weighted by Crippen LogP contribution is 2.19. The summed E-state index contributed by atoms with van der Waals surface area (Å²) in [6.07, 6.45) is 4.61. The van der Waals surface area contributed by atoms with Gasteiger partial charge in [-0.05, 0) is 44.9 Å². The van der Waals surface area contributed by atoms with Crippen LogP contribution in [0.4, 0.5) is 0 Å². The fourth-order valence-electron chi connectivity index (χ4n) is 2.31. The molecule has 0 bridgehead atoms. The summed E-state index contributed by atoms with van der Waals surface area (Å²) in [5.41, 5.74) is 7.16. The molecule has 5 heteroatoms. The normalized spacial score (nSPS) is 12.9. The van der Waals surface area contributed by atoms with Crippen LogP contribution in [0, 0.1) is 13.8 Å². The molecular weight excluding hydrogens is 250 g/mol. The van der Waals surface area contributed by atoms with Crippen LogP contribution in [0.5, 0.6) is 0 Å². The molecule has 2 rings (SSSR count). The Bertz CT molecular complexity index is 573. The van der Waals surface area contributed by atoms with Crippen LogP contribution in [0.2, 0.25) is 0 Å². The second-order valence-electron chi connectivity index (χ2n) is 5.52. The Balaban J connectivity index is 2.19. The molecule has 0 aliphatic heterocycles. The molecule has 2 aromatic rings. The van der Waals surface area contributed by atoms with Crippen molar-refractivity contribution in [1.82, 2.24) is 20.2 Å². The fraction of sp³-hybridized carbons (Fsp3) is 0.467. The SMILES string of the molecule is Cc1cnc(C(Cc2ccn(C(C)C)n2)NN)c(C)c1. The van der Waals surface area contributed by atoms with Gasteiger partial charge in [-0.15, -0.1) is 0 Å². The molecule has 2 aromatic heterocycles. The van der Waals surface area contributed by atoms with E-state index in [4.69, 9.17) is 5.84 Å². The van der Waals surface area contributed by atoms with Crippen LogP contribution in [0.15, 0.2) is 24.5 Å². The second kappa shape index (κ2) is 6.15.